The zero-order valence-electron chi connectivity index (χ0n) is 8.32. The van der Waals surface area contributed by atoms with Crippen molar-refractivity contribution in [2.45, 2.75) is 20.3 Å². The van der Waals surface area contributed by atoms with Crippen molar-refractivity contribution < 1.29 is 23.9 Å². The summed E-state index contributed by atoms with van der Waals surface area (Å²) in [5.74, 6) is -1.07. The van der Waals surface area contributed by atoms with E-state index in [2.05, 4.69) is 15.2 Å². The van der Waals surface area contributed by atoms with Gasteiger partial charge in [0, 0.05) is 0 Å². The van der Waals surface area contributed by atoms with Crippen LogP contribution in [0, 0.1) is 0 Å². The smallest absolute Gasteiger partial charge is 0.317 e. The van der Waals surface area contributed by atoms with Crippen LogP contribution in [0.4, 0.5) is 0 Å². The second-order valence-electron chi connectivity index (χ2n) is 1.92. The minimum Gasteiger partial charge on any atom is -0.466 e. The topological polar surface area (TPSA) is 95.7 Å². The van der Waals surface area contributed by atoms with E-state index in [0.29, 0.717) is 0 Å². The molecule has 0 rings (SSSR count). The standard InChI is InChI=1S/C7H12O4.CH3NO/c1-3-10-6(8)5-7(9)11-4-2;2-1-3/h3-5H2,1-2H3;1H,(H2,2,3). The summed E-state index contributed by atoms with van der Waals surface area (Å²) in [5, 5.41) is 0. The monoisotopic (exact) mass is 205 g/mol. The molecule has 0 heterocycles. The lowest BCUT2D eigenvalue weighted by Crippen LogP contribution is -2.13. The van der Waals surface area contributed by atoms with Crippen molar-refractivity contribution in [1.29, 1.82) is 0 Å². The molecule has 0 atom stereocenters. The molecular weight excluding hydrogens is 190 g/mol. The van der Waals surface area contributed by atoms with Gasteiger partial charge in [-0.1, -0.05) is 0 Å². The Morgan fingerprint density at radius 1 is 1.14 bits per heavy atom. The summed E-state index contributed by atoms with van der Waals surface area (Å²) in [4.78, 5) is 29.8. The summed E-state index contributed by atoms with van der Waals surface area (Å²) < 4.78 is 9.04. The summed E-state index contributed by atoms with van der Waals surface area (Å²) in [5.41, 5.74) is 4.17. The largest absolute Gasteiger partial charge is 0.466 e. The highest BCUT2D eigenvalue weighted by Gasteiger charge is 2.09. The van der Waals surface area contributed by atoms with Crippen LogP contribution in [-0.4, -0.2) is 31.6 Å². The van der Waals surface area contributed by atoms with E-state index in [1.165, 1.54) is 0 Å². The molecule has 6 heteroatoms. The van der Waals surface area contributed by atoms with Crippen LogP contribution < -0.4 is 5.73 Å². The van der Waals surface area contributed by atoms with E-state index in [0.717, 1.165) is 0 Å². The molecule has 82 valence electrons. The fourth-order valence-corrected chi connectivity index (χ4v) is 0.542. The molecule has 0 aromatic rings. The Kier molecular flexibility index (Phi) is 12.2. The van der Waals surface area contributed by atoms with E-state index in [9.17, 15) is 9.59 Å². The minimum absolute atomic E-state index is 0.250. The summed E-state index contributed by atoms with van der Waals surface area (Å²) in [6.07, 6.45) is -0.0400. The van der Waals surface area contributed by atoms with E-state index in [-0.39, 0.29) is 26.0 Å². The van der Waals surface area contributed by atoms with Gasteiger partial charge in [-0.15, -0.1) is 0 Å². The second kappa shape index (κ2) is 11.4. The third-order valence-electron chi connectivity index (χ3n) is 0.899. The molecule has 14 heavy (non-hydrogen) atoms. The van der Waals surface area contributed by atoms with Gasteiger partial charge in [0.25, 0.3) is 0 Å². The Morgan fingerprint density at radius 2 is 1.43 bits per heavy atom. The normalized spacial score (nSPS) is 7.86. The van der Waals surface area contributed by atoms with Crippen LogP contribution in [-0.2, 0) is 23.9 Å². The number of amides is 1. The molecule has 0 saturated carbocycles. The lowest BCUT2D eigenvalue weighted by Gasteiger charge is -2.00. The number of carbonyl (C=O) groups excluding carboxylic acids is 3. The Balaban J connectivity index is 0. The summed E-state index contributed by atoms with van der Waals surface area (Å²) in [6, 6.07) is 0. The van der Waals surface area contributed by atoms with Crippen LogP contribution in [0.2, 0.25) is 0 Å². The zero-order chi connectivity index (χ0) is 11.4. The Labute approximate surface area is 82.4 Å². The van der Waals surface area contributed by atoms with Gasteiger partial charge >= 0.3 is 11.9 Å². The molecule has 0 unspecified atom stereocenters. The van der Waals surface area contributed by atoms with Gasteiger partial charge in [-0.2, -0.15) is 0 Å². The Hall–Kier alpha value is -1.59. The third kappa shape index (κ3) is 13.0. The highest BCUT2D eigenvalue weighted by molar-refractivity contribution is 5.91. The maximum atomic E-state index is 10.6. The van der Waals surface area contributed by atoms with Crippen LogP contribution in [0.25, 0.3) is 0 Å². The number of hydrogen-bond donors (Lipinski definition) is 1. The van der Waals surface area contributed by atoms with Gasteiger partial charge in [0.15, 0.2) is 0 Å². The molecule has 1 amide bonds. The molecule has 0 aromatic carbocycles. The number of esters is 2. The first-order valence-corrected chi connectivity index (χ1v) is 4.08. The van der Waals surface area contributed by atoms with Crippen LogP contribution in [0.1, 0.15) is 20.3 Å². The maximum absolute atomic E-state index is 10.6. The molecule has 0 aliphatic rings. The fraction of sp³-hybridized carbons (Fsp3) is 0.625. The van der Waals surface area contributed by atoms with Crippen molar-refractivity contribution in [3.05, 3.63) is 0 Å². The molecule has 0 aromatic heterocycles. The van der Waals surface area contributed by atoms with E-state index in [1.54, 1.807) is 13.8 Å². The summed E-state index contributed by atoms with van der Waals surface area (Å²) >= 11 is 0. The number of nitrogens with two attached hydrogens (primary N) is 1. The van der Waals surface area contributed by atoms with Crippen LogP contribution in [0.3, 0.4) is 0 Å². The van der Waals surface area contributed by atoms with Gasteiger partial charge in [0.2, 0.25) is 6.41 Å². The van der Waals surface area contributed by atoms with E-state index >= 15 is 0 Å². The lowest BCUT2D eigenvalue weighted by molar-refractivity contribution is -0.153. The molecule has 0 aliphatic heterocycles. The first kappa shape index (κ1) is 14.9. The molecule has 0 fully saturated rings. The van der Waals surface area contributed by atoms with Gasteiger partial charge in [0.1, 0.15) is 6.42 Å². The zero-order valence-corrected chi connectivity index (χ0v) is 8.32. The van der Waals surface area contributed by atoms with Crippen molar-refractivity contribution in [3.8, 4) is 0 Å². The van der Waals surface area contributed by atoms with Crippen molar-refractivity contribution in [1.82, 2.24) is 0 Å². The van der Waals surface area contributed by atoms with Gasteiger partial charge < -0.3 is 15.2 Å². The fourth-order valence-electron chi connectivity index (χ4n) is 0.542. The van der Waals surface area contributed by atoms with E-state index in [4.69, 9.17) is 4.79 Å². The van der Waals surface area contributed by atoms with Gasteiger partial charge in [-0.25, -0.2) is 0 Å². The third-order valence-corrected chi connectivity index (χ3v) is 0.899. The quantitative estimate of drug-likeness (QED) is 0.383. The number of ether oxygens (including phenoxy) is 2. The van der Waals surface area contributed by atoms with Crippen molar-refractivity contribution in [2.24, 2.45) is 5.73 Å². The molecule has 6 nitrogen and oxygen atoms in total. The number of rotatable bonds is 4. The molecule has 0 radical (unpaired) electrons. The Bertz CT molecular complexity index is 165. The average Bonchev–Trinajstić information content (AvgIpc) is 2.05. The van der Waals surface area contributed by atoms with Gasteiger partial charge in [-0.3, -0.25) is 14.4 Å². The van der Waals surface area contributed by atoms with E-state index < -0.39 is 11.9 Å². The van der Waals surface area contributed by atoms with Gasteiger partial charge in [-0.05, 0) is 13.8 Å². The van der Waals surface area contributed by atoms with Crippen molar-refractivity contribution in [2.75, 3.05) is 13.2 Å². The van der Waals surface area contributed by atoms with Crippen LogP contribution in [0.15, 0.2) is 0 Å². The minimum atomic E-state index is -0.536. The second-order valence-corrected chi connectivity index (χ2v) is 1.92. The highest BCUT2D eigenvalue weighted by atomic mass is 16.5. The lowest BCUT2D eigenvalue weighted by atomic mass is 10.4. The molecular formula is C8H15NO5. The molecule has 0 bridgehead atoms. The van der Waals surface area contributed by atoms with Crippen LogP contribution in [0.5, 0.6) is 0 Å². The summed E-state index contributed by atoms with van der Waals surface area (Å²) in [6.45, 7) is 3.95. The number of primary amides is 1. The first-order valence-electron chi connectivity index (χ1n) is 4.08. The molecule has 0 aliphatic carbocycles. The van der Waals surface area contributed by atoms with Crippen molar-refractivity contribution >= 4 is 18.3 Å². The van der Waals surface area contributed by atoms with Crippen molar-refractivity contribution in [3.63, 3.8) is 0 Å². The SMILES string of the molecule is CCOC(=O)CC(=O)OCC.NC=O. The molecule has 0 saturated heterocycles. The molecule has 2 N–H and O–H groups in total. The predicted molar refractivity (Wildman–Crippen MR) is 48.1 cm³/mol. The molecule has 0 spiro atoms. The van der Waals surface area contributed by atoms with Gasteiger partial charge in [0.05, 0.1) is 13.2 Å². The number of hydrogen-bond acceptors (Lipinski definition) is 5. The Morgan fingerprint density at radius 3 is 1.64 bits per heavy atom. The first-order chi connectivity index (χ1) is 6.62. The summed E-state index contributed by atoms with van der Waals surface area (Å²) in [7, 11) is 0. The average molecular weight is 205 g/mol. The predicted octanol–water partition coefficient (Wildman–Crippen LogP) is -0.396. The highest BCUT2D eigenvalue weighted by Crippen LogP contribution is 1.89. The van der Waals surface area contributed by atoms with Crippen LogP contribution >= 0.6 is 0 Å². The van der Waals surface area contributed by atoms with E-state index in [1.807, 2.05) is 0 Å². The number of carbonyl (C=O) groups is 3. The maximum Gasteiger partial charge on any atom is 0.317 e.